The van der Waals surface area contributed by atoms with Crippen molar-refractivity contribution in [3.8, 4) is 5.75 Å². The van der Waals surface area contributed by atoms with Gasteiger partial charge in [0.05, 0.1) is 6.61 Å². The molecule has 1 atom stereocenters. The quantitative estimate of drug-likeness (QED) is 0.882. The second-order valence-corrected chi connectivity index (χ2v) is 5.42. The highest BCUT2D eigenvalue weighted by Crippen LogP contribution is 2.35. The van der Waals surface area contributed by atoms with E-state index in [0.29, 0.717) is 0 Å². The van der Waals surface area contributed by atoms with Crippen LogP contribution in [-0.4, -0.2) is 11.7 Å². The normalized spacial score (nSPS) is 17.3. The zero-order valence-electron chi connectivity index (χ0n) is 9.64. The number of aliphatic hydroxyl groups is 1. The molecule has 0 aliphatic carbocycles. The summed E-state index contributed by atoms with van der Waals surface area (Å²) in [6.45, 7) is 2.59. The third kappa shape index (κ3) is 1.75. The van der Waals surface area contributed by atoms with Crippen LogP contribution in [-0.2, 0) is 12.0 Å². The molecule has 0 fully saturated rings. The molecule has 0 amide bonds. The Morgan fingerprint density at radius 2 is 2.24 bits per heavy atom. The summed E-state index contributed by atoms with van der Waals surface area (Å²) >= 11 is 1.58. The minimum atomic E-state index is -0.911. The summed E-state index contributed by atoms with van der Waals surface area (Å²) in [4.78, 5) is 0.969. The van der Waals surface area contributed by atoms with Crippen molar-refractivity contribution in [2.45, 2.75) is 18.9 Å². The molecule has 17 heavy (non-hydrogen) atoms. The third-order valence-electron chi connectivity index (χ3n) is 3.25. The molecule has 88 valence electrons. The van der Waals surface area contributed by atoms with Crippen LogP contribution in [0, 0.1) is 0 Å². The van der Waals surface area contributed by atoms with Gasteiger partial charge in [-0.3, -0.25) is 0 Å². The highest BCUT2D eigenvalue weighted by molar-refractivity contribution is 7.10. The lowest BCUT2D eigenvalue weighted by Gasteiger charge is -2.23. The molecule has 0 bridgehead atoms. The first kappa shape index (κ1) is 10.8. The molecule has 1 aliphatic heterocycles. The highest BCUT2D eigenvalue weighted by Gasteiger charge is 2.28. The number of benzene rings is 1. The summed E-state index contributed by atoms with van der Waals surface area (Å²) in [5.41, 5.74) is 1.22. The average molecular weight is 246 g/mol. The Labute approximate surface area is 104 Å². The molecule has 2 aromatic rings. The molecule has 1 N–H and O–H groups in total. The number of hydrogen-bond acceptors (Lipinski definition) is 3. The fourth-order valence-electron chi connectivity index (χ4n) is 2.19. The zero-order valence-corrected chi connectivity index (χ0v) is 10.5. The maximum absolute atomic E-state index is 10.6. The molecule has 3 heteroatoms. The molecule has 0 radical (unpaired) electrons. The first-order valence-electron chi connectivity index (χ1n) is 5.70. The predicted molar refractivity (Wildman–Crippen MR) is 68.6 cm³/mol. The van der Waals surface area contributed by atoms with Gasteiger partial charge in [0.15, 0.2) is 0 Å². The van der Waals surface area contributed by atoms with E-state index in [9.17, 15) is 5.11 Å². The van der Waals surface area contributed by atoms with Crippen LogP contribution in [0.15, 0.2) is 35.7 Å². The number of fused-ring (bicyclic) bond motifs is 1. The summed E-state index contributed by atoms with van der Waals surface area (Å²) in [6.07, 6.45) is 0.934. The van der Waals surface area contributed by atoms with E-state index >= 15 is 0 Å². The van der Waals surface area contributed by atoms with Crippen LogP contribution in [0.25, 0.3) is 0 Å². The van der Waals surface area contributed by atoms with Gasteiger partial charge in [0.25, 0.3) is 0 Å². The van der Waals surface area contributed by atoms with Crippen LogP contribution in [0.4, 0.5) is 0 Å². The van der Waals surface area contributed by atoms with Gasteiger partial charge in [-0.2, -0.15) is 0 Å². The predicted octanol–water partition coefficient (Wildman–Crippen LogP) is 2.94. The summed E-state index contributed by atoms with van der Waals surface area (Å²) in [5, 5.41) is 12.6. The van der Waals surface area contributed by atoms with Gasteiger partial charge in [-0.25, -0.2) is 0 Å². The third-order valence-corrected chi connectivity index (χ3v) is 4.33. The maximum atomic E-state index is 10.6. The lowest BCUT2D eigenvalue weighted by molar-refractivity contribution is 0.106. The van der Waals surface area contributed by atoms with Crippen molar-refractivity contribution in [3.63, 3.8) is 0 Å². The number of thiophene rings is 1. The van der Waals surface area contributed by atoms with Crippen LogP contribution in [0.5, 0.6) is 5.75 Å². The Bertz CT molecular complexity index is 529. The van der Waals surface area contributed by atoms with Crippen molar-refractivity contribution in [3.05, 3.63) is 51.7 Å². The van der Waals surface area contributed by atoms with Crippen LogP contribution >= 0.6 is 11.3 Å². The molecule has 2 nitrogen and oxygen atoms in total. The fraction of sp³-hybridized carbons (Fsp3) is 0.286. The van der Waals surface area contributed by atoms with Crippen LogP contribution in [0.3, 0.4) is 0 Å². The fourth-order valence-corrected chi connectivity index (χ4v) is 3.00. The lowest BCUT2D eigenvalue weighted by atomic mass is 9.92. The van der Waals surface area contributed by atoms with Gasteiger partial charge in [-0.15, -0.1) is 11.3 Å². The first-order valence-corrected chi connectivity index (χ1v) is 6.58. The Hall–Kier alpha value is -1.32. The van der Waals surface area contributed by atoms with Crippen molar-refractivity contribution in [1.82, 2.24) is 0 Å². The van der Waals surface area contributed by atoms with Crippen LogP contribution in [0.2, 0.25) is 0 Å². The topological polar surface area (TPSA) is 29.5 Å². The molecular weight excluding hydrogens is 232 g/mol. The van der Waals surface area contributed by atoms with Crippen molar-refractivity contribution in [2.24, 2.45) is 0 Å². The molecule has 1 aromatic carbocycles. The standard InChI is InChI=1S/C14H14O2S/c1-14(15,13-3-2-8-17-13)11-4-5-12-10(9-11)6-7-16-12/h2-5,8-9,15H,6-7H2,1H3. The molecule has 1 aromatic heterocycles. The minimum absolute atomic E-state index is 0.750. The monoisotopic (exact) mass is 246 g/mol. The van der Waals surface area contributed by atoms with Crippen LogP contribution in [0.1, 0.15) is 22.9 Å². The van der Waals surface area contributed by atoms with Gasteiger partial charge in [0, 0.05) is 11.3 Å². The molecule has 0 saturated heterocycles. The Morgan fingerprint density at radius 3 is 3.00 bits per heavy atom. The van der Waals surface area contributed by atoms with Gasteiger partial charge in [0.1, 0.15) is 11.4 Å². The highest BCUT2D eigenvalue weighted by atomic mass is 32.1. The summed E-state index contributed by atoms with van der Waals surface area (Å²) < 4.78 is 5.48. The number of hydrogen-bond donors (Lipinski definition) is 1. The van der Waals surface area contributed by atoms with Crippen molar-refractivity contribution < 1.29 is 9.84 Å². The smallest absolute Gasteiger partial charge is 0.122 e. The van der Waals surface area contributed by atoms with Crippen LogP contribution < -0.4 is 4.74 Å². The van der Waals surface area contributed by atoms with E-state index < -0.39 is 5.60 Å². The first-order chi connectivity index (χ1) is 8.18. The van der Waals surface area contributed by atoms with Gasteiger partial charge in [-0.05, 0) is 41.6 Å². The van der Waals surface area contributed by atoms with E-state index in [1.807, 2.05) is 36.6 Å². The Morgan fingerprint density at radius 1 is 1.35 bits per heavy atom. The van der Waals surface area contributed by atoms with E-state index in [4.69, 9.17) is 4.74 Å². The molecule has 1 unspecified atom stereocenters. The van der Waals surface area contributed by atoms with Gasteiger partial charge >= 0.3 is 0 Å². The molecule has 1 aliphatic rings. The van der Waals surface area contributed by atoms with E-state index in [1.54, 1.807) is 11.3 Å². The molecule has 0 saturated carbocycles. The molecule has 2 heterocycles. The van der Waals surface area contributed by atoms with E-state index in [2.05, 4.69) is 6.07 Å². The SMILES string of the molecule is CC(O)(c1ccc2c(c1)CCO2)c1cccs1. The largest absolute Gasteiger partial charge is 0.493 e. The molecule has 3 rings (SSSR count). The van der Waals surface area contributed by atoms with E-state index in [0.717, 1.165) is 29.2 Å². The van der Waals surface area contributed by atoms with Crippen molar-refractivity contribution in [1.29, 1.82) is 0 Å². The van der Waals surface area contributed by atoms with Gasteiger partial charge < -0.3 is 9.84 Å². The van der Waals surface area contributed by atoms with E-state index in [1.165, 1.54) is 5.56 Å². The molecular formula is C14H14O2S. The number of rotatable bonds is 2. The van der Waals surface area contributed by atoms with E-state index in [-0.39, 0.29) is 0 Å². The molecule has 0 spiro atoms. The number of ether oxygens (including phenoxy) is 1. The lowest BCUT2D eigenvalue weighted by Crippen LogP contribution is -2.21. The summed E-state index contributed by atoms with van der Waals surface area (Å²) in [6, 6.07) is 9.89. The summed E-state index contributed by atoms with van der Waals surface area (Å²) in [7, 11) is 0. The second-order valence-electron chi connectivity index (χ2n) is 4.47. The minimum Gasteiger partial charge on any atom is -0.493 e. The summed E-state index contributed by atoms with van der Waals surface area (Å²) in [5.74, 6) is 0.954. The maximum Gasteiger partial charge on any atom is 0.122 e. The van der Waals surface area contributed by atoms with Gasteiger partial charge in [-0.1, -0.05) is 12.1 Å². The zero-order chi connectivity index (χ0) is 11.9. The van der Waals surface area contributed by atoms with Gasteiger partial charge in [0.2, 0.25) is 0 Å². The van der Waals surface area contributed by atoms with Crippen molar-refractivity contribution >= 4 is 11.3 Å². The Kier molecular flexibility index (Phi) is 2.45. The Balaban J connectivity index is 2.04. The average Bonchev–Trinajstić information content (AvgIpc) is 2.99. The van der Waals surface area contributed by atoms with Crippen molar-refractivity contribution in [2.75, 3.05) is 6.61 Å². The second kappa shape index (κ2) is 3.86.